The van der Waals surface area contributed by atoms with Crippen LogP contribution in [0.3, 0.4) is 0 Å². The summed E-state index contributed by atoms with van der Waals surface area (Å²) in [6, 6.07) is 73.3. The fraction of sp³-hybridized carbons (Fsp3) is 0.0164. The van der Waals surface area contributed by atoms with Crippen LogP contribution >= 0.6 is 0 Å². The summed E-state index contributed by atoms with van der Waals surface area (Å²) in [5, 5.41) is 40.0. The first-order valence-electron chi connectivity index (χ1n) is 22.3. The Balaban J connectivity index is 1.13. The molecule has 0 aliphatic heterocycles. The summed E-state index contributed by atoms with van der Waals surface area (Å²) in [5.74, 6) is 4.82. The van der Waals surface area contributed by atoms with E-state index in [2.05, 4.69) is 48.5 Å². The highest BCUT2D eigenvalue weighted by Gasteiger charge is 2.27. The maximum Gasteiger partial charge on any atom is 0.131 e. The summed E-state index contributed by atoms with van der Waals surface area (Å²) in [4.78, 5) is 0. The highest BCUT2D eigenvalue weighted by molar-refractivity contribution is 5.72. The summed E-state index contributed by atoms with van der Waals surface area (Å²) < 4.78 is 25.7. The number of ether oxygens (including phenoxy) is 4. The minimum absolute atomic E-state index is 0.125. The molecule has 0 saturated heterocycles. The minimum atomic E-state index is -0.497. The van der Waals surface area contributed by atoms with Gasteiger partial charge in [-0.25, -0.2) is 0 Å². The zero-order valence-electron chi connectivity index (χ0n) is 37.0. The first-order chi connectivity index (χ1) is 33.8. The van der Waals surface area contributed by atoms with Crippen LogP contribution in [-0.2, 0) is 0 Å². The molecule has 0 fully saturated rings. The normalized spacial score (nSPS) is 11.0. The first-order valence-corrected chi connectivity index (χ1v) is 22.3. The van der Waals surface area contributed by atoms with Gasteiger partial charge in [-0.3, -0.25) is 0 Å². The second-order valence-corrected chi connectivity index (χ2v) is 16.4. The van der Waals surface area contributed by atoms with Crippen LogP contribution in [0.5, 0.6) is 69.0 Å². The Hall–Kier alpha value is -9.40. The van der Waals surface area contributed by atoms with E-state index >= 15 is 0 Å². The summed E-state index contributed by atoms with van der Waals surface area (Å²) in [6.07, 6.45) is 0. The van der Waals surface area contributed by atoms with Crippen LogP contribution in [0.25, 0.3) is 33.4 Å². The Morgan fingerprint density at radius 1 is 0.246 bits per heavy atom. The molecule has 10 aromatic carbocycles. The summed E-state index contributed by atoms with van der Waals surface area (Å²) >= 11 is 0. The lowest BCUT2D eigenvalue weighted by molar-refractivity contribution is 0.457. The van der Waals surface area contributed by atoms with E-state index in [1.807, 2.05) is 91.0 Å². The van der Waals surface area contributed by atoms with Crippen LogP contribution in [0.2, 0.25) is 0 Å². The van der Waals surface area contributed by atoms with E-state index in [0.717, 1.165) is 50.1 Å². The number of phenolic OH excluding ortho intramolecular Hbond substituents is 4. The van der Waals surface area contributed by atoms with Crippen molar-refractivity contribution in [3.63, 3.8) is 0 Å². The minimum Gasteiger partial charge on any atom is -0.508 e. The fourth-order valence-corrected chi connectivity index (χ4v) is 8.13. The third kappa shape index (κ3) is 10.4. The van der Waals surface area contributed by atoms with Gasteiger partial charge in [-0.2, -0.15) is 0 Å². The molecule has 0 aliphatic carbocycles. The van der Waals surface area contributed by atoms with Crippen LogP contribution in [0, 0.1) is 0 Å². The zero-order valence-corrected chi connectivity index (χ0v) is 37.0. The van der Waals surface area contributed by atoms with Gasteiger partial charge in [-0.05, 0) is 185 Å². The Morgan fingerprint density at radius 3 is 0.884 bits per heavy atom. The number of aromatic hydroxyl groups is 4. The number of hydrogen-bond donors (Lipinski definition) is 4. The maximum atomic E-state index is 10.2. The smallest absolute Gasteiger partial charge is 0.131 e. The molecule has 0 amide bonds. The number of rotatable bonds is 14. The molecule has 10 aromatic rings. The molecule has 69 heavy (non-hydrogen) atoms. The van der Waals surface area contributed by atoms with Crippen LogP contribution < -0.4 is 18.9 Å². The van der Waals surface area contributed by atoms with Gasteiger partial charge in [0.15, 0.2) is 0 Å². The van der Waals surface area contributed by atoms with Crippen LogP contribution in [0.15, 0.2) is 237 Å². The molecule has 0 aliphatic rings. The largest absolute Gasteiger partial charge is 0.508 e. The third-order valence-electron chi connectivity index (χ3n) is 11.6. The lowest BCUT2D eigenvalue weighted by Crippen LogP contribution is -2.08. The van der Waals surface area contributed by atoms with Crippen molar-refractivity contribution >= 4 is 0 Å². The van der Waals surface area contributed by atoms with E-state index < -0.39 is 5.92 Å². The van der Waals surface area contributed by atoms with E-state index in [4.69, 9.17) is 18.9 Å². The quantitative estimate of drug-likeness (QED) is 0.0797. The van der Waals surface area contributed by atoms with Gasteiger partial charge < -0.3 is 39.4 Å². The Morgan fingerprint density at radius 2 is 0.522 bits per heavy atom. The maximum absolute atomic E-state index is 10.2. The van der Waals surface area contributed by atoms with E-state index in [0.29, 0.717) is 46.0 Å². The average molecular weight is 905 g/mol. The van der Waals surface area contributed by atoms with Crippen molar-refractivity contribution in [3.05, 3.63) is 253 Å². The lowest BCUT2D eigenvalue weighted by Gasteiger charge is -2.26. The van der Waals surface area contributed by atoms with Gasteiger partial charge in [0.2, 0.25) is 0 Å². The van der Waals surface area contributed by atoms with Crippen molar-refractivity contribution in [1.82, 2.24) is 0 Å². The van der Waals surface area contributed by atoms with E-state index in [-0.39, 0.29) is 23.0 Å². The summed E-state index contributed by atoms with van der Waals surface area (Å²) in [5.41, 5.74) is 8.51. The monoisotopic (exact) mass is 904 g/mol. The molecule has 0 aromatic heterocycles. The van der Waals surface area contributed by atoms with Gasteiger partial charge in [0.1, 0.15) is 69.0 Å². The Labute approximate surface area is 399 Å². The molecule has 0 atom stereocenters. The summed E-state index contributed by atoms with van der Waals surface area (Å²) in [7, 11) is 0. The predicted molar refractivity (Wildman–Crippen MR) is 269 cm³/mol. The molecule has 0 saturated carbocycles. The molecular formula is C61H44O8. The van der Waals surface area contributed by atoms with Gasteiger partial charge in [0.05, 0.1) is 0 Å². The highest BCUT2D eigenvalue weighted by Crippen LogP contribution is 2.47. The molecular weight excluding hydrogens is 861 g/mol. The molecule has 336 valence electrons. The second kappa shape index (κ2) is 19.6. The molecule has 0 unspecified atom stereocenters. The topological polar surface area (TPSA) is 118 Å². The van der Waals surface area contributed by atoms with E-state index in [1.54, 1.807) is 97.1 Å². The standard InChI is InChI=1S/C61H44O8/c62-47-16-28-53(29-17-47)66-51-24-10-42(11-25-51)45-14-36-59(68-55-32-20-49(64)21-33-55)57(38-45)61(44-8-6-41(7-9-44)40-4-2-1-3-5-40)58-39-46(15-37-60(58)69-56-34-22-50(65)23-35-56)43-12-26-52(27-13-43)67-54-30-18-48(63)19-31-54/h1-39,61-65H. The lowest BCUT2D eigenvalue weighted by atomic mass is 9.81. The number of phenols is 4. The first kappa shape index (κ1) is 43.5. The molecule has 8 nitrogen and oxygen atoms in total. The highest BCUT2D eigenvalue weighted by atomic mass is 16.5. The predicted octanol–water partition coefficient (Wildman–Crippen LogP) is 15.9. The van der Waals surface area contributed by atoms with Crippen molar-refractivity contribution in [1.29, 1.82) is 0 Å². The molecule has 0 spiro atoms. The van der Waals surface area contributed by atoms with Gasteiger partial charge in [0.25, 0.3) is 0 Å². The van der Waals surface area contributed by atoms with Gasteiger partial charge in [0, 0.05) is 17.0 Å². The Bertz CT molecular complexity index is 3110. The molecule has 0 bridgehead atoms. The van der Waals surface area contributed by atoms with E-state index in [9.17, 15) is 20.4 Å². The van der Waals surface area contributed by atoms with Crippen molar-refractivity contribution in [2.75, 3.05) is 0 Å². The zero-order chi connectivity index (χ0) is 47.1. The SMILES string of the molecule is Oc1ccc(Oc2ccc(-c3ccc(Oc4ccc(O)cc4)c(C(c4ccc(-c5ccccc5)cc4)c4cc(-c5ccc(Oc6ccc(O)cc6)cc5)ccc4Oc4ccc(O)cc4)c3)cc2)cc1. The van der Waals surface area contributed by atoms with Crippen molar-refractivity contribution in [2.24, 2.45) is 0 Å². The molecule has 8 heteroatoms. The third-order valence-corrected chi connectivity index (χ3v) is 11.6. The molecule has 0 heterocycles. The van der Waals surface area contributed by atoms with E-state index in [1.165, 1.54) is 0 Å². The van der Waals surface area contributed by atoms with Crippen LogP contribution in [0.4, 0.5) is 0 Å². The fourth-order valence-electron chi connectivity index (χ4n) is 8.13. The van der Waals surface area contributed by atoms with Gasteiger partial charge >= 0.3 is 0 Å². The van der Waals surface area contributed by atoms with Gasteiger partial charge in [-0.1, -0.05) is 91.0 Å². The summed E-state index contributed by atoms with van der Waals surface area (Å²) in [6.45, 7) is 0. The van der Waals surface area contributed by atoms with Crippen molar-refractivity contribution < 1.29 is 39.4 Å². The molecule has 10 rings (SSSR count). The van der Waals surface area contributed by atoms with Crippen molar-refractivity contribution in [3.8, 4) is 102 Å². The van der Waals surface area contributed by atoms with Crippen LogP contribution in [0.1, 0.15) is 22.6 Å². The molecule has 4 N–H and O–H groups in total. The number of benzene rings is 10. The molecule has 0 radical (unpaired) electrons. The van der Waals surface area contributed by atoms with Crippen LogP contribution in [-0.4, -0.2) is 20.4 Å². The Kier molecular flexibility index (Phi) is 12.4. The second-order valence-electron chi connectivity index (χ2n) is 16.4. The van der Waals surface area contributed by atoms with Gasteiger partial charge in [-0.15, -0.1) is 0 Å². The van der Waals surface area contributed by atoms with Crippen molar-refractivity contribution in [2.45, 2.75) is 5.92 Å². The number of hydrogen-bond acceptors (Lipinski definition) is 8. The average Bonchev–Trinajstić information content (AvgIpc) is 3.38.